The van der Waals surface area contributed by atoms with Crippen LogP contribution in [0.2, 0.25) is 0 Å². The third kappa shape index (κ3) is 3.93. The Bertz CT molecular complexity index is 1050. The predicted octanol–water partition coefficient (Wildman–Crippen LogP) is 4.32. The quantitative estimate of drug-likeness (QED) is 0.649. The van der Waals surface area contributed by atoms with Gasteiger partial charge in [0.25, 0.3) is 0 Å². The van der Waals surface area contributed by atoms with E-state index in [2.05, 4.69) is 26.1 Å². The molecule has 2 fully saturated rings. The fourth-order valence-electron chi connectivity index (χ4n) is 4.64. The number of thiophene rings is 1. The van der Waals surface area contributed by atoms with Crippen molar-refractivity contribution in [1.82, 2.24) is 0 Å². The van der Waals surface area contributed by atoms with E-state index in [9.17, 15) is 19.5 Å². The lowest BCUT2D eigenvalue weighted by Gasteiger charge is -2.23. The molecular formula is C24H27NO6S. The van der Waals surface area contributed by atoms with Crippen molar-refractivity contribution in [2.24, 2.45) is 11.8 Å². The molecule has 7 nitrogen and oxygen atoms in total. The second-order valence-corrected chi connectivity index (χ2v) is 10.2. The van der Waals surface area contributed by atoms with Crippen molar-refractivity contribution < 1.29 is 29.0 Å². The van der Waals surface area contributed by atoms with Crippen molar-refractivity contribution in [1.29, 1.82) is 0 Å². The number of ether oxygens (including phenoxy) is 2. The van der Waals surface area contributed by atoms with Gasteiger partial charge in [0.2, 0.25) is 5.91 Å². The van der Waals surface area contributed by atoms with E-state index in [1.807, 2.05) is 24.3 Å². The Morgan fingerprint density at radius 3 is 2.28 bits per heavy atom. The van der Waals surface area contributed by atoms with Crippen molar-refractivity contribution in [2.45, 2.75) is 51.2 Å². The normalized spacial score (nSPS) is 24.4. The maximum absolute atomic E-state index is 13.1. The van der Waals surface area contributed by atoms with Gasteiger partial charge in [0.1, 0.15) is 10.6 Å². The first-order valence-corrected chi connectivity index (χ1v) is 11.5. The molecule has 32 heavy (non-hydrogen) atoms. The topological polar surface area (TPSA) is 102 Å². The zero-order valence-corrected chi connectivity index (χ0v) is 19.3. The van der Waals surface area contributed by atoms with Gasteiger partial charge >= 0.3 is 11.9 Å². The molecule has 4 atom stereocenters. The Hall–Kier alpha value is -2.71. The summed E-state index contributed by atoms with van der Waals surface area (Å²) in [5.74, 6) is -3.69. The number of carbonyl (C=O) groups is 3. The van der Waals surface area contributed by atoms with E-state index in [-0.39, 0.29) is 11.0 Å². The average Bonchev–Trinajstić information content (AvgIpc) is 3.47. The largest absolute Gasteiger partial charge is 0.481 e. The number of amides is 1. The van der Waals surface area contributed by atoms with E-state index in [0.29, 0.717) is 23.4 Å². The van der Waals surface area contributed by atoms with Crippen molar-refractivity contribution >= 4 is 34.2 Å². The molecule has 170 valence electrons. The van der Waals surface area contributed by atoms with Gasteiger partial charge in [-0.2, -0.15) is 0 Å². The summed E-state index contributed by atoms with van der Waals surface area (Å²) in [6, 6.07) is 7.95. The van der Waals surface area contributed by atoms with Gasteiger partial charge in [-0.1, -0.05) is 45.0 Å². The van der Waals surface area contributed by atoms with Crippen LogP contribution in [0, 0.1) is 11.8 Å². The first-order valence-electron chi connectivity index (χ1n) is 10.6. The molecule has 2 N–H and O–H groups in total. The van der Waals surface area contributed by atoms with Gasteiger partial charge < -0.3 is 19.9 Å². The number of rotatable bonds is 5. The van der Waals surface area contributed by atoms with E-state index >= 15 is 0 Å². The maximum atomic E-state index is 13.1. The van der Waals surface area contributed by atoms with E-state index in [4.69, 9.17) is 9.47 Å². The first-order chi connectivity index (χ1) is 15.1. The van der Waals surface area contributed by atoms with Gasteiger partial charge in [-0.3, -0.25) is 9.59 Å². The molecule has 8 heteroatoms. The molecular weight excluding hydrogens is 430 g/mol. The number of esters is 1. The maximum Gasteiger partial charge on any atom is 0.341 e. The van der Waals surface area contributed by atoms with Crippen LogP contribution in [0.15, 0.2) is 29.6 Å². The van der Waals surface area contributed by atoms with Crippen LogP contribution in [0.4, 0.5) is 5.00 Å². The number of anilines is 1. The highest BCUT2D eigenvalue weighted by molar-refractivity contribution is 7.15. The number of carbonyl (C=O) groups excluding carboxylic acids is 2. The van der Waals surface area contributed by atoms with E-state index in [1.165, 1.54) is 24.0 Å². The van der Waals surface area contributed by atoms with Crippen LogP contribution in [0.1, 0.15) is 49.5 Å². The lowest BCUT2D eigenvalue weighted by atomic mass is 9.78. The van der Waals surface area contributed by atoms with Crippen LogP contribution in [0.5, 0.6) is 0 Å². The minimum Gasteiger partial charge on any atom is -0.481 e. The summed E-state index contributed by atoms with van der Waals surface area (Å²) in [5, 5.41) is 14.6. The monoisotopic (exact) mass is 457 g/mol. The number of methoxy groups -OCH3 is 1. The molecule has 0 unspecified atom stereocenters. The number of benzene rings is 1. The van der Waals surface area contributed by atoms with E-state index in [1.54, 1.807) is 5.38 Å². The molecule has 2 aliphatic heterocycles. The van der Waals surface area contributed by atoms with Crippen molar-refractivity contribution in [3.05, 3.63) is 40.8 Å². The Labute approximate surface area is 190 Å². The SMILES string of the molecule is COC(=O)c1c(-c2ccc(C(C)(C)C)cc2)csc1NC(=O)[C@H]1[C@@H](C(=O)O)[C@H]2CC[C@@H]1O2. The minimum absolute atomic E-state index is 0.000902. The number of hydrogen-bond acceptors (Lipinski definition) is 6. The van der Waals surface area contributed by atoms with Crippen LogP contribution in [0.25, 0.3) is 11.1 Å². The average molecular weight is 458 g/mol. The molecule has 1 aromatic carbocycles. The summed E-state index contributed by atoms with van der Waals surface area (Å²) >= 11 is 1.22. The highest BCUT2D eigenvalue weighted by Crippen LogP contribution is 2.45. The minimum atomic E-state index is -1.03. The number of carboxylic acids is 1. The summed E-state index contributed by atoms with van der Waals surface area (Å²) in [4.78, 5) is 37.5. The smallest absolute Gasteiger partial charge is 0.341 e. The summed E-state index contributed by atoms with van der Waals surface area (Å²) in [6.45, 7) is 6.39. The molecule has 1 aromatic heterocycles. The zero-order valence-electron chi connectivity index (χ0n) is 18.5. The van der Waals surface area contributed by atoms with Gasteiger partial charge in [0.05, 0.1) is 31.2 Å². The van der Waals surface area contributed by atoms with Crippen LogP contribution in [-0.4, -0.2) is 42.3 Å². The molecule has 2 bridgehead atoms. The standard InChI is InChI=1S/C24H27NO6S/c1-24(2,3)13-7-5-12(6-8-13)14-11-32-21(17(14)23(29)30-4)25-20(26)18-15-9-10-16(31-15)19(18)22(27)28/h5-8,11,15-16,18-19H,9-10H2,1-4H3,(H,25,26)(H,27,28)/t15-,16+,18+,19-/m0/s1. The highest BCUT2D eigenvalue weighted by Gasteiger charge is 2.55. The summed E-state index contributed by atoms with van der Waals surface area (Å²) in [7, 11) is 1.29. The van der Waals surface area contributed by atoms with Crippen molar-refractivity contribution in [3.63, 3.8) is 0 Å². The number of nitrogens with one attached hydrogen (secondary N) is 1. The van der Waals surface area contributed by atoms with Crippen LogP contribution in [0.3, 0.4) is 0 Å². The fourth-order valence-corrected chi connectivity index (χ4v) is 5.60. The van der Waals surface area contributed by atoms with Gasteiger partial charge in [-0.25, -0.2) is 4.79 Å². The molecule has 0 saturated carbocycles. The molecule has 2 aliphatic rings. The van der Waals surface area contributed by atoms with Gasteiger partial charge in [0, 0.05) is 10.9 Å². The van der Waals surface area contributed by atoms with Gasteiger partial charge in [-0.15, -0.1) is 11.3 Å². The van der Waals surface area contributed by atoms with Crippen molar-refractivity contribution in [2.75, 3.05) is 12.4 Å². The molecule has 4 rings (SSSR count). The highest BCUT2D eigenvalue weighted by atomic mass is 32.1. The Morgan fingerprint density at radius 2 is 1.72 bits per heavy atom. The fraction of sp³-hybridized carbons (Fsp3) is 0.458. The number of hydrogen-bond donors (Lipinski definition) is 2. The molecule has 0 radical (unpaired) electrons. The van der Waals surface area contributed by atoms with Crippen LogP contribution >= 0.6 is 11.3 Å². The molecule has 0 aliphatic carbocycles. The molecule has 0 spiro atoms. The van der Waals surface area contributed by atoms with Crippen LogP contribution in [-0.2, 0) is 24.5 Å². The molecule has 2 saturated heterocycles. The first kappa shape index (κ1) is 22.5. The Balaban J connectivity index is 1.64. The third-order valence-corrected chi connectivity index (χ3v) is 7.24. The van der Waals surface area contributed by atoms with E-state index < -0.39 is 41.9 Å². The lowest BCUT2D eigenvalue weighted by molar-refractivity contribution is -0.147. The number of fused-ring (bicyclic) bond motifs is 2. The number of carboxylic acid groups (broad SMARTS) is 1. The van der Waals surface area contributed by atoms with Gasteiger partial charge in [-0.05, 0) is 29.4 Å². The second kappa shape index (κ2) is 8.33. The molecule has 3 heterocycles. The summed E-state index contributed by atoms with van der Waals surface area (Å²) in [6.07, 6.45) is 0.458. The third-order valence-electron chi connectivity index (χ3n) is 6.34. The second-order valence-electron chi connectivity index (χ2n) is 9.34. The van der Waals surface area contributed by atoms with Crippen LogP contribution < -0.4 is 5.32 Å². The Kier molecular flexibility index (Phi) is 5.85. The summed E-state index contributed by atoms with van der Waals surface area (Å²) < 4.78 is 10.7. The number of aliphatic carboxylic acids is 1. The molecule has 1 amide bonds. The van der Waals surface area contributed by atoms with E-state index in [0.717, 1.165) is 5.56 Å². The zero-order chi connectivity index (χ0) is 23.2. The lowest BCUT2D eigenvalue weighted by Crippen LogP contribution is -2.41. The van der Waals surface area contributed by atoms with Crippen molar-refractivity contribution in [3.8, 4) is 11.1 Å². The predicted molar refractivity (Wildman–Crippen MR) is 121 cm³/mol. The molecule has 2 aromatic rings. The Morgan fingerprint density at radius 1 is 1.09 bits per heavy atom. The van der Waals surface area contributed by atoms with Gasteiger partial charge in [0.15, 0.2) is 0 Å². The summed E-state index contributed by atoms with van der Waals surface area (Å²) in [5.41, 5.74) is 2.94.